The van der Waals surface area contributed by atoms with Crippen LogP contribution in [0.3, 0.4) is 0 Å². The number of hydrogen-bond donors (Lipinski definition) is 2. The fourth-order valence-corrected chi connectivity index (χ4v) is 3.06. The van der Waals surface area contributed by atoms with Gasteiger partial charge in [-0.2, -0.15) is 0 Å². The summed E-state index contributed by atoms with van der Waals surface area (Å²) in [5.74, 6) is 0.819. The van der Waals surface area contributed by atoms with Gasteiger partial charge in [0.25, 0.3) is 0 Å². The first kappa shape index (κ1) is 12.3. The second-order valence-electron chi connectivity index (χ2n) is 6.24. The molecular weight excluding hydrogens is 200 g/mol. The van der Waals surface area contributed by atoms with E-state index in [9.17, 15) is 5.11 Å². The van der Waals surface area contributed by atoms with Crippen LogP contribution in [-0.2, 0) is 0 Å². The minimum absolute atomic E-state index is 0.0698. The number of nitrogens with zero attached hydrogens (tertiary/aromatic N) is 1. The number of hydrogen-bond acceptors (Lipinski definition) is 3. The third-order valence-corrected chi connectivity index (χ3v) is 4.17. The van der Waals surface area contributed by atoms with Crippen LogP contribution in [0, 0.1) is 11.3 Å². The van der Waals surface area contributed by atoms with Gasteiger partial charge in [-0.05, 0) is 38.3 Å². The molecule has 2 atom stereocenters. The molecule has 16 heavy (non-hydrogen) atoms. The third-order valence-electron chi connectivity index (χ3n) is 4.17. The first-order valence-electron chi connectivity index (χ1n) is 6.69. The number of aliphatic hydroxyl groups is 1. The lowest BCUT2D eigenvalue weighted by atomic mass is 9.81. The molecule has 3 heteroatoms. The van der Waals surface area contributed by atoms with E-state index in [0.717, 1.165) is 25.4 Å². The second-order valence-corrected chi connectivity index (χ2v) is 6.24. The molecule has 2 N–H and O–H groups in total. The second kappa shape index (κ2) is 5.03. The summed E-state index contributed by atoms with van der Waals surface area (Å²) >= 11 is 0. The summed E-state index contributed by atoms with van der Waals surface area (Å²) in [5.41, 5.74) is 0.0698. The quantitative estimate of drug-likeness (QED) is 0.739. The summed E-state index contributed by atoms with van der Waals surface area (Å²) in [7, 11) is 0. The average Bonchev–Trinajstić information content (AvgIpc) is 2.25. The highest BCUT2D eigenvalue weighted by Crippen LogP contribution is 2.29. The molecule has 0 aromatic heterocycles. The van der Waals surface area contributed by atoms with E-state index in [1.54, 1.807) is 0 Å². The summed E-state index contributed by atoms with van der Waals surface area (Å²) in [6.45, 7) is 10.1. The Morgan fingerprint density at radius 1 is 1.38 bits per heavy atom. The third kappa shape index (κ3) is 2.96. The summed E-state index contributed by atoms with van der Waals surface area (Å²) in [6, 6.07) is 0. The van der Waals surface area contributed by atoms with Crippen molar-refractivity contribution in [1.82, 2.24) is 10.2 Å². The molecule has 94 valence electrons. The number of rotatable bonds is 2. The van der Waals surface area contributed by atoms with Crippen LogP contribution in [-0.4, -0.2) is 48.8 Å². The predicted molar refractivity (Wildman–Crippen MR) is 66.4 cm³/mol. The van der Waals surface area contributed by atoms with Crippen LogP contribution in [0.5, 0.6) is 0 Å². The van der Waals surface area contributed by atoms with E-state index in [0.29, 0.717) is 0 Å². The Labute approximate surface area is 99.2 Å². The van der Waals surface area contributed by atoms with Gasteiger partial charge in [-0.3, -0.25) is 0 Å². The molecular formula is C13H26N2O. The molecule has 3 nitrogen and oxygen atoms in total. The lowest BCUT2D eigenvalue weighted by Crippen LogP contribution is -2.50. The molecule has 0 aliphatic carbocycles. The van der Waals surface area contributed by atoms with Gasteiger partial charge in [-0.1, -0.05) is 13.8 Å². The van der Waals surface area contributed by atoms with E-state index in [2.05, 4.69) is 24.1 Å². The molecule has 2 saturated heterocycles. The lowest BCUT2D eigenvalue weighted by molar-refractivity contribution is -0.0293. The van der Waals surface area contributed by atoms with Crippen LogP contribution in [0.1, 0.15) is 33.1 Å². The van der Waals surface area contributed by atoms with E-state index < -0.39 is 0 Å². The molecule has 0 amide bonds. The minimum atomic E-state index is -0.117. The highest BCUT2D eigenvalue weighted by molar-refractivity contribution is 4.88. The molecule has 0 saturated carbocycles. The molecule has 0 aromatic carbocycles. The zero-order valence-corrected chi connectivity index (χ0v) is 10.7. The minimum Gasteiger partial charge on any atom is -0.392 e. The molecule has 2 unspecified atom stereocenters. The van der Waals surface area contributed by atoms with Crippen molar-refractivity contribution in [2.75, 3.05) is 32.7 Å². The predicted octanol–water partition coefficient (Wildman–Crippen LogP) is 1.08. The van der Waals surface area contributed by atoms with Gasteiger partial charge < -0.3 is 15.3 Å². The van der Waals surface area contributed by atoms with E-state index in [-0.39, 0.29) is 11.5 Å². The van der Waals surface area contributed by atoms with Crippen molar-refractivity contribution < 1.29 is 5.11 Å². The standard InChI is InChI=1S/C13H26N2O/c1-13(2)10-15(7-5-12(13)16)9-11-4-3-6-14-8-11/h11-12,14,16H,3-10H2,1-2H3. The van der Waals surface area contributed by atoms with Crippen LogP contribution in [0.15, 0.2) is 0 Å². The molecule has 2 aliphatic rings. The summed E-state index contributed by atoms with van der Waals surface area (Å²) in [6.07, 6.45) is 3.51. The first-order valence-corrected chi connectivity index (χ1v) is 6.69. The number of piperidine rings is 2. The normalized spacial score (nSPS) is 36.2. The molecule has 2 rings (SSSR count). The largest absolute Gasteiger partial charge is 0.392 e. The molecule has 2 aliphatic heterocycles. The first-order chi connectivity index (χ1) is 7.58. The maximum atomic E-state index is 9.92. The highest BCUT2D eigenvalue weighted by atomic mass is 16.3. The van der Waals surface area contributed by atoms with Crippen molar-refractivity contribution in [3.8, 4) is 0 Å². The van der Waals surface area contributed by atoms with Crippen molar-refractivity contribution in [3.05, 3.63) is 0 Å². The zero-order valence-electron chi connectivity index (χ0n) is 10.7. The van der Waals surface area contributed by atoms with Gasteiger partial charge in [0.2, 0.25) is 0 Å². The van der Waals surface area contributed by atoms with Crippen LogP contribution in [0.2, 0.25) is 0 Å². The van der Waals surface area contributed by atoms with Gasteiger partial charge in [0.1, 0.15) is 0 Å². The average molecular weight is 226 g/mol. The van der Waals surface area contributed by atoms with Crippen LogP contribution in [0.4, 0.5) is 0 Å². The monoisotopic (exact) mass is 226 g/mol. The van der Waals surface area contributed by atoms with Crippen molar-refractivity contribution in [3.63, 3.8) is 0 Å². The number of aliphatic hydroxyl groups excluding tert-OH is 1. The maximum absolute atomic E-state index is 9.92. The van der Waals surface area contributed by atoms with E-state index in [4.69, 9.17) is 0 Å². The van der Waals surface area contributed by atoms with Crippen LogP contribution >= 0.6 is 0 Å². The smallest absolute Gasteiger partial charge is 0.0615 e. The number of nitrogens with one attached hydrogen (secondary N) is 1. The Hall–Kier alpha value is -0.120. The van der Waals surface area contributed by atoms with Crippen molar-refractivity contribution in [2.24, 2.45) is 11.3 Å². The van der Waals surface area contributed by atoms with Gasteiger partial charge in [0.05, 0.1) is 6.10 Å². The molecule has 2 heterocycles. The maximum Gasteiger partial charge on any atom is 0.0615 e. The van der Waals surface area contributed by atoms with Crippen LogP contribution < -0.4 is 5.32 Å². The zero-order chi connectivity index (χ0) is 11.6. The SMILES string of the molecule is CC1(C)CN(CC2CCCNC2)CCC1O. The van der Waals surface area contributed by atoms with Gasteiger partial charge in [-0.25, -0.2) is 0 Å². The molecule has 0 radical (unpaired) electrons. The summed E-state index contributed by atoms with van der Waals surface area (Å²) in [5, 5.41) is 13.4. The van der Waals surface area contributed by atoms with Gasteiger partial charge in [0.15, 0.2) is 0 Å². The fraction of sp³-hybridized carbons (Fsp3) is 1.00. The molecule has 0 aromatic rings. The fourth-order valence-electron chi connectivity index (χ4n) is 3.06. The van der Waals surface area contributed by atoms with Crippen molar-refractivity contribution in [2.45, 2.75) is 39.2 Å². The Kier molecular flexibility index (Phi) is 3.88. The summed E-state index contributed by atoms with van der Waals surface area (Å²) in [4.78, 5) is 2.55. The van der Waals surface area contributed by atoms with Crippen molar-refractivity contribution in [1.29, 1.82) is 0 Å². The summed E-state index contributed by atoms with van der Waals surface area (Å²) < 4.78 is 0. The number of likely N-dealkylation sites (tertiary alicyclic amines) is 1. The lowest BCUT2D eigenvalue weighted by Gasteiger charge is -2.43. The van der Waals surface area contributed by atoms with Crippen LogP contribution in [0.25, 0.3) is 0 Å². The van der Waals surface area contributed by atoms with Crippen molar-refractivity contribution >= 4 is 0 Å². The molecule has 0 bridgehead atoms. The van der Waals surface area contributed by atoms with E-state index in [1.807, 2.05) is 0 Å². The topological polar surface area (TPSA) is 35.5 Å². The van der Waals surface area contributed by atoms with Gasteiger partial charge in [0, 0.05) is 25.0 Å². The Bertz CT molecular complexity index is 224. The van der Waals surface area contributed by atoms with E-state index in [1.165, 1.54) is 32.5 Å². The Morgan fingerprint density at radius 3 is 2.81 bits per heavy atom. The van der Waals surface area contributed by atoms with Gasteiger partial charge in [-0.15, -0.1) is 0 Å². The van der Waals surface area contributed by atoms with Gasteiger partial charge >= 0.3 is 0 Å². The molecule has 2 fully saturated rings. The molecule has 0 spiro atoms. The highest BCUT2D eigenvalue weighted by Gasteiger charge is 2.35. The Morgan fingerprint density at radius 2 is 2.19 bits per heavy atom. The van der Waals surface area contributed by atoms with E-state index >= 15 is 0 Å². The Balaban J connectivity index is 1.81.